The second-order valence-corrected chi connectivity index (χ2v) is 3.94. The summed E-state index contributed by atoms with van der Waals surface area (Å²) < 4.78 is 10.7. The van der Waals surface area contributed by atoms with Crippen LogP contribution in [0.3, 0.4) is 0 Å². The van der Waals surface area contributed by atoms with E-state index in [1.807, 2.05) is 30.9 Å². The summed E-state index contributed by atoms with van der Waals surface area (Å²) >= 11 is 0. The summed E-state index contributed by atoms with van der Waals surface area (Å²) in [4.78, 5) is 10.3. The van der Waals surface area contributed by atoms with Gasteiger partial charge >= 0.3 is 0 Å². The fraction of sp³-hybridized carbons (Fsp3) is 0.385. The van der Waals surface area contributed by atoms with Crippen molar-refractivity contribution in [2.75, 3.05) is 23.8 Å². The first-order chi connectivity index (χ1) is 9.26. The van der Waals surface area contributed by atoms with Gasteiger partial charge in [0, 0.05) is 6.54 Å². The van der Waals surface area contributed by atoms with Crippen molar-refractivity contribution < 1.29 is 9.15 Å². The van der Waals surface area contributed by atoms with E-state index in [4.69, 9.17) is 14.9 Å². The summed E-state index contributed by atoms with van der Waals surface area (Å²) in [5, 5.41) is 0. The number of ether oxygens (including phenoxy) is 1. The van der Waals surface area contributed by atoms with Crippen LogP contribution in [-0.2, 0) is 6.54 Å². The SMILES string of the molecule is CCOc1ncnc(N(CC)Cc2ccco2)c1N. The molecule has 0 amide bonds. The fourth-order valence-electron chi connectivity index (χ4n) is 1.80. The molecule has 0 aliphatic heterocycles. The van der Waals surface area contributed by atoms with Crippen LogP contribution in [0.25, 0.3) is 0 Å². The smallest absolute Gasteiger partial charge is 0.242 e. The van der Waals surface area contributed by atoms with Crippen molar-refractivity contribution >= 4 is 11.5 Å². The number of nitrogens with zero attached hydrogens (tertiary/aromatic N) is 3. The molecule has 2 aromatic rings. The van der Waals surface area contributed by atoms with E-state index in [9.17, 15) is 0 Å². The quantitative estimate of drug-likeness (QED) is 0.858. The molecule has 2 aromatic heterocycles. The van der Waals surface area contributed by atoms with E-state index >= 15 is 0 Å². The molecule has 0 saturated carbocycles. The maximum Gasteiger partial charge on any atom is 0.242 e. The predicted molar refractivity (Wildman–Crippen MR) is 73.0 cm³/mol. The van der Waals surface area contributed by atoms with E-state index in [1.54, 1.807) is 6.26 Å². The third kappa shape index (κ3) is 2.96. The molecule has 0 radical (unpaired) electrons. The van der Waals surface area contributed by atoms with Gasteiger partial charge in [0.1, 0.15) is 17.8 Å². The maximum absolute atomic E-state index is 6.05. The van der Waals surface area contributed by atoms with Crippen LogP contribution in [0.1, 0.15) is 19.6 Å². The molecule has 6 nitrogen and oxygen atoms in total. The predicted octanol–water partition coefficient (Wildman–Crippen LogP) is 2.08. The molecule has 0 saturated heterocycles. The molecule has 0 aliphatic rings. The van der Waals surface area contributed by atoms with E-state index in [2.05, 4.69) is 9.97 Å². The van der Waals surface area contributed by atoms with Gasteiger partial charge in [-0.3, -0.25) is 0 Å². The molecule has 6 heteroatoms. The summed E-state index contributed by atoms with van der Waals surface area (Å²) in [5.74, 6) is 1.94. The van der Waals surface area contributed by atoms with Crippen molar-refractivity contribution in [2.24, 2.45) is 0 Å². The first-order valence-corrected chi connectivity index (χ1v) is 6.26. The van der Waals surface area contributed by atoms with Crippen LogP contribution in [0.4, 0.5) is 11.5 Å². The van der Waals surface area contributed by atoms with Gasteiger partial charge in [-0.05, 0) is 26.0 Å². The Balaban J connectivity index is 2.25. The normalized spacial score (nSPS) is 10.4. The molecule has 0 bridgehead atoms. The zero-order valence-electron chi connectivity index (χ0n) is 11.2. The average Bonchev–Trinajstić information content (AvgIpc) is 2.92. The van der Waals surface area contributed by atoms with Gasteiger partial charge < -0.3 is 19.8 Å². The minimum atomic E-state index is 0.422. The van der Waals surface area contributed by atoms with Gasteiger partial charge in [-0.1, -0.05) is 0 Å². The van der Waals surface area contributed by atoms with Crippen molar-refractivity contribution in [1.29, 1.82) is 0 Å². The topological polar surface area (TPSA) is 77.4 Å². The zero-order chi connectivity index (χ0) is 13.7. The lowest BCUT2D eigenvalue weighted by atomic mass is 10.3. The van der Waals surface area contributed by atoms with Crippen molar-refractivity contribution in [3.05, 3.63) is 30.5 Å². The van der Waals surface area contributed by atoms with Crippen molar-refractivity contribution in [1.82, 2.24) is 9.97 Å². The number of aromatic nitrogens is 2. The largest absolute Gasteiger partial charge is 0.476 e. The summed E-state index contributed by atoms with van der Waals surface area (Å²) in [7, 11) is 0. The lowest BCUT2D eigenvalue weighted by molar-refractivity contribution is 0.328. The Hall–Kier alpha value is -2.24. The van der Waals surface area contributed by atoms with E-state index in [0.29, 0.717) is 30.5 Å². The molecular weight excluding hydrogens is 244 g/mol. The van der Waals surface area contributed by atoms with Crippen LogP contribution >= 0.6 is 0 Å². The first-order valence-electron chi connectivity index (χ1n) is 6.26. The third-order valence-corrected chi connectivity index (χ3v) is 2.72. The Morgan fingerprint density at radius 3 is 2.84 bits per heavy atom. The lowest BCUT2D eigenvalue weighted by Crippen LogP contribution is -2.24. The van der Waals surface area contributed by atoms with Crippen LogP contribution in [0.5, 0.6) is 5.88 Å². The minimum absolute atomic E-state index is 0.422. The van der Waals surface area contributed by atoms with Crippen LogP contribution in [0, 0.1) is 0 Å². The van der Waals surface area contributed by atoms with Gasteiger partial charge in [-0.25, -0.2) is 4.98 Å². The fourth-order valence-corrected chi connectivity index (χ4v) is 1.80. The number of hydrogen-bond acceptors (Lipinski definition) is 6. The van der Waals surface area contributed by atoms with Crippen LogP contribution in [-0.4, -0.2) is 23.1 Å². The Bertz CT molecular complexity index is 513. The number of rotatable bonds is 6. The van der Waals surface area contributed by atoms with Crippen LogP contribution in [0.2, 0.25) is 0 Å². The van der Waals surface area contributed by atoms with E-state index in [0.717, 1.165) is 12.3 Å². The molecule has 0 aromatic carbocycles. The van der Waals surface area contributed by atoms with E-state index < -0.39 is 0 Å². The second-order valence-electron chi connectivity index (χ2n) is 3.94. The van der Waals surface area contributed by atoms with Gasteiger partial charge in [0.05, 0.1) is 19.4 Å². The molecule has 0 atom stereocenters. The lowest BCUT2D eigenvalue weighted by Gasteiger charge is -2.22. The molecule has 0 aliphatic carbocycles. The van der Waals surface area contributed by atoms with Crippen molar-refractivity contribution in [3.8, 4) is 5.88 Å². The Labute approximate surface area is 112 Å². The molecule has 0 fully saturated rings. The molecular formula is C13H18N4O2. The molecule has 19 heavy (non-hydrogen) atoms. The highest BCUT2D eigenvalue weighted by molar-refractivity contribution is 5.67. The monoisotopic (exact) mass is 262 g/mol. The number of nitrogens with two attached hydrogens (primary N) is 1. The molecule has 2 rings (SSSR count). The van der Waals surface area contributed by atoms with E-state index in [1.165, 1.54) is 6.33 Å². The Morgan fingerprint density at radius 2 is 2.21 bits per heavy atom. The minimum Gasteiger partial charge on any atom is -0.476 e. The van der Waals surface area contributed by atoms with Crippen molar-refractivity contribution in [3.63, 3.8) is 0 Å². The van der Waals surface area contributed by atoms with Gasteiger partial charge in [0.25, 0.3) is 0 Å². The molecule has 2 heterocycles. The molecule has 0 spiro atoms. The zero-order valence-corrected chi connectivity index (χ0v) is 11.2. The number of hydrogen-bond donors (Lipinski definition) is 1. The highest BCUT2D eigenvalue weighted by Gasteiger charge is 2.15. The summed E-state index contributed by atoms with van der Waals surface area (Å²) in [6.07, 6.45) is 3.11. The van der Waals surface area contributed by atoms with Gasteiger partial charge in [0.15, 0.2) is 5.82 Å². The van der Waals surface area contributed by atoms with E-state index in [-0.39, 0.29) is 0 Å². The van der Waals surface area contributed by atoms with Gasteiger partial charge in [-0.15, -0.1) is 0 Å². The summed E-state index contributed by atoms with van der Waals surface area (Å²) in [6.45, 7) is 5.81. The average molecular weight is 262 g/mol. The standard InChI is InChI=1S/C13H18N4O2/c1-3-17(8-10-6-5-7-19-10)12-11(14)13(18-4-2)16-9-15-12/h5-7,9H,3-4,8,14H2,1-2H3. The van der Waals surface area contributed by atoms with Crippen molar-refractivity contribution in [2.45, 2.75) is 20.4 Å². The number of nitrogen functional groups attached to an aromatic ring is 1. The third-order valence-electron chi connectivity index (χ3n) is 2.72. The summed E-state index contributed by atoms with van der Waals surface area (Å²) in [6, 6.07) is 3.78. The summed E-state index contributed by atoms with van der Waals surface area (Å²) in [5.41, 5.74) is 6.51. The van der Waals surface area contributed by atoms with Gasteiger partial charge in [-0.2, -0.15) is 4.98 Å². The van der Waals surface area contributed by atoms with Crippen LogP contribution < -0.4 is 15.4 Å². The highest BCUT2D eigenvalue weighted by atomic mass is 16.5. The Kier molecular flexibility index (Phi) is 4.22. The molecule has 102 valence electrons. The van der Waals surface area contributed by atoms with Crippen LogP contribution in [0.15, 0.2) is 29.1 Å². The number of furan rings is 1. The number of anilines is 2. The second kappa shape index (κ2) is 6.08. The first kappa shape index (κ1) is 13.2. The Morgan fingerprint density at radius 1 is 1.37 bits per heavy atom. The highest BCUT2D eigenvalue weighted by Crippen LogP contribution is 2.28. The van der Waals surface area contributed by atoms with Gasteiger partial charge in [0.2, 0.25) is 5.88 Å². The molecule has 0 unspecified atom stereocenters. The maximum atomic E-state index is 6.05. The molecule has 2 N–H and O–H groups in total.